The van der Waals surface area contributed by atoms with Crippen LogP contribution in [0, 0.1) is 11.8 Å². The molecule has 0 aliphatic heterocycles. The SMILES string of the molecule is CC(C)(C)OC(=O)NCCC#Cc1ccc(CO)s1. The first-order valence-corrected chi connectivity index (χ1v) is 6.87. The molecule has 2 N–H and O–H groups in total. The van der Waals surface area contributed by atoms with Gasteiger partial charge in [0.05, 0.1) is 11.5 Å². The molecule has 0 unspecified atom stereocenters. The number of carbonyl (C=O) groups is 1. The summed E-state index contributed by atoms with van der Waals surface area (Å²) in [7, 11) is 0. The fourth-order valence-electron chi connectivity index (χ4n) is 1.22. The summed E-state index contributed by atoms with van der Waals surface area (Å²) in [5, 5.41) is 11.6. The lowest BCUT2D eigenvalue weighted by Gasteiger charge is -2.19. The van der Waals surface area contributed by atoms with Crippen molar-refractivity contribution in [1.29, 1.82) is 0 Å². The van der Waals surface area contributed by atoms with Crippen LogP contribution in [0.5, 0.6) is 0 Å². The zero-order valence-electron chi connectivity index (χ0n) is 11.4. The molecule has 4 nitrogen and oxygen atoms in total. The molecule has 0 saturated carbocycles. The zero-order valence-corrected chi connectivity index (χ0v) is 12.3. The van der Waals surface area contributed by atoms with Crippen molar-refractivity contribution in [2.45, 2.75) is 39.4 Å². The number of hydrogen-bond donors (Lipinski definition) is 2. The first kappa shape index (κ1) is 15.5. The molecule has 0 atom stereocenters. The van der Waals surface area contributed by atoms with Crippen molar-refractivity contribution in [3.63, 3.8) is 0 Å². The molecular formula is C14H19NO3S. The third-order valence-electron chi connectivity index (χ3n) is 1.95. The number of alkyl carbamates (subject to hydrolysis) is 1. The largest absolute Gasteiger partial charge is 0.444 e. The van der Waals surface area contributed by atoms with Crippen LogP contribution in [-0.2, 0) is 11.3 Å². The highest BCUT2D eigenvalue weighted by atomic mass is 32.1. The van der Waals surface area contributed by atoms with E-state index in [0.717, 1.165) is 9.75 Å². The fraction of sp³-hybridized carbons (Fsp3) is 0.500. The van der Waals surface area contributed by atoms with Crippen LogP contribution in [0.3, 0.4) is 0 Å². The maximum atomic E-state index is 11.3. The van der Waals surface area contributed by atoms with Crippen LogP contribution in [0.4, 0.5) is 4.79 Å². The molecule has 1 amide bonds. The van der Waals surface area contributed by atoms with Crippen LogP contribution in [-0.4, -0.2) is 23.3 Å². The van der Waals surface area contributed by atoms with E-state index >= 15 is 0 Å². The molecule has 0 aliphatic carbocycles. The molecule has 1 aromatic rings. The van der Waals surface area contributed by atoms with E-state index in [1.807, 2.05) is 32.9 Å². The van der Waals surface area contributed by atoms with Gasteiger partial charge in [0.2, 0.25) is 0 Å². The van der Waals surface area contributed by atoms with E-state index in [1.54, 1.807) is 0 Å². The lowest BCUT2D eigenvalue weighted by molar-refractivity contribution is 0.0529. The molecular weight excluding hydrogens is 262 g/mol. The first-order chi connectivity index (χ1) is 8.90. The van der Waals surface area contributed by atoms with Crippen molar-refractivity contribution in [3.8, 4) is 11.8 Å². The normalized spacial score (nSPS) is 10.5. The van der Waals surface area contributed by atoms with Gasteiger partial charge >= 0.3 is 6.09 Å². The van der Waals surface area contributed by atoms with Crippen molar-refractivity contribution in [3.05, 3.63) is 21.9 Å². The van der Waals surface area contributed by atoms with Crippen LogP contribution in [0.2, 0.25) is 0 Å². The van der Waals surface area contributed by atoms with Crippen molar-refractivity contribution in [1.82, 2.24) is 5.32 Å². The van der Waals surface area contributed by atoms with E-state index in [-0.39, 0.29) is 6.61 Å². The molecule has 0 saturated heterocycles. The maximum absolute atomic E-state index is 11.3. The van der Waals surface area contributed by atoms with Gasteiger partial charge in [0.25, 0.3) is 0 Å². The van der Waals surface area contributed by atoms with E-state index in [4.69, 9.17) is 9.84 Å². The molecule has 0 aromatic carbocycles. The third-order valence-corrected chi connectivity index (χ3v) is 2.93. The van der Waals surface area contributed by atoms with Gasteiger partial charge in [-0.2, -0.15) is 0 Å². The molecule has 0 fully saturated rings. The molecule has 5 heteroatoms. The molecule has 0 spiro atoms. The van der Waals surface area contributed by atoms with E-state index in [9.17, 15) is 4.79 Å². The number of thiophene rings is 1. The topological polar surface area (TPSA) is 58.6 Å². The Labute approximate surface area is 117 Å². The van der Waals surface area contributed by atoms with Crippen molar-refractivity contribution >= 4 is 17.4 Å². The average Bonchev–Trinajstić information content (AvgIpc) is 2.74. The van der Waals surface area contributed by atoms with Crippen LogP contribution in [0.15, 0.2) is 12.1 Å². The van der Waals surface area contributed by atoms with Crippen molar-refractivity contribution in [2.75, 3.05) is 6.54 Å². The van der Waals surface area contributed by atoms with Gasteiger partial charge in [-0.25, -0.2) is 4.79 Å². The number of nitrogens with one attached hydrogen (secondary N) is 1. The Morgan fingerprint density at radius 2 is 2.21 bits per heavy atom. The highest BCUT2D eigenvalue weighted by molar-refractivity contribution is 7.12. The molecule has 0 bridgehead atoms. The van der Waals surface area contributed by atoms with Gasteiger partial charge in [-0.05, 0) is 32.9 Å². The molecule has 19 heavy (non-hydrogen) atoms. The molecule has 104 valence electrons. The minimum absolute atomic E-state index is 0.0482. The first-order valence-electron chi connectivity index (χ1n) is 6.06. The minimum Gasteiger partial charge on any atom is -0.444 e. The van der Waals surface area contributed by atoms with Gasteiger partial charge in [-0.1, -0.05) is 11.8 Å². The van der Waals surface area contributed by atoms with Gasteiger partial charge in [0.1, 0.15) is 5.60 Å². The third kappa shape index (κ3) is 6.85. The van der Waals surface area contributed by atoms with Gasteiger partial charge in [0, 0.05) is 17.8 Å². The van der Waals surface area contributed by atoms with Crippen LogP contribution >= 0.6 is 11.3 Å². The summed E-state index contributed by atoms with van der Waals surface area (Å²) in [4.78, 5) is 13.1. The van der Waals surface area contributed by atoms with Crippen LogP contribution < -0.4 is 5.32 Å². The Morgan fingerprint density at radius 1 is 1.47 bits per heavy atom. The smallest absolute Gasteiger partial charge is 0.407 e. The predicted octanol–water partition coefficient (Wildman–Crippen LogP) is 2.51. The number of amides is 1. The standard InChI is InChI=1S/C14H19NO3S/c1-14(2,3)18-13(17)15-9-5-4-6-11-7-8-12(10-16)19-11/h7-8,16H,5,9-10H2,1-3H3,(H,15,17). The maximum Gasteiger partial charge on any atom is 0.407 e. The molecule has 1 aromatic heterocycles. The highest BCUT2D eigenvalue weighted by Gasteiger charge is 2.15. The Morgan fingerprint density at radius 3 is 2.79 bits per heavy atom. The van der Waals surface area contributed by atoms with Crippen molar-refractivity contribution < 1.29 is 14.6 Å². The molecule has 0 aliphatic rings. The highest BCUT2D eigenvalue weighted by Crippen LogP contribution is 2.14. The number of rotatable bonds is 3. The predicted molar refractivity (Wildman–Crippen MR) is 76.0 cm³/mol. The summed E-state index contributed by atoms with van der Waals surface area (Å²) in [6, 6.07) is 3.73. The van der Waals surface area contributed by atoms with Gasteiger partial charge in [-0.3, -0.25) is 0 Å². The second-order valence-electron chi connectivity index (χ2n) is 4.90. The number of carbonyl (C=O) groups excluding carboxylic acids is 1. The fourth-order valence-corrected chi connectivity index (χ4v) is 1.96. The average molecular weight is 281 g/mol. The summed E-state index contributed by atoms with van der Waals surface area (Å²) in [5.41, 5.74) is -0.479. The Bertz CT molecular complexity index is 477. The Kier molecular flexibility index (Phi) is 5.87. The minimum atomic E-state index is -0.479. The molecule has 1 rings (SSSR count). The van der Waals surface area contributed by atoms with Crippen LogP contribution in [0.1, 0.15) is 36.9 Å². The molecule has 0 radical (unpaired) electrons. The lowest BCUT2D eigenvalue weighted by Crippen LogP contribution is -2.32. The van der Waals surface area contributed by atoms with Gasteiger partial charge in [0.15, 0.2) is 0 Å². The quantitative estimate of drug-likeness (QED) is 0.661. The second-order valence-corrected chi connectivity index (χ2v) is 6.07. The summed E-state index contributed by atoms with van der Waals surface area (Å²) in [6.45, 7) is 5.97. The summed E-state index contributed by atoms with van der Waals surface area (Å²) in [6.07, 6.45) is 0.138. The van der Waals surface area contributed by atoms with E-state index in [2.05, 4.69) is 17.2 Å². The number of aliphatic hydroxyl groups is 1. The lowest BCUT2D eigenvalue weighted by atomic mass is 10.2. The van der Waals surface area contributed by atoms with E-state index in [0.29, 0.717) is 13.0 Å². The monoisotopic (exact) mass is 281 g/mol. The Balaban J connectivity index is 2.26. The molecule has 1 heterocycles. The van der Waals surface area contributed by atoms with Gasteiger partial charge < -0.3 is 15.2 Å². The Hall–Kier alpha value is -1.51. The van der Waals surface area contributed by atoms with Crippen LogP contribution in [0.25, 0.3) is 0 Å². The van der Waals surface area contributed by atoms with Gasteiger partial charge in [-0.15, -0.1) is 11.3 Å². The summed E-state index contributed by atoms with van der Waals surface area (Å²) >= 11 is 1.47. The summed E-state index contributed by atoms with van der Waals surface area (Å²) < 4.78 is 5.10. The second kappa shape index (κ2) is 7.17. The summed E-state index contributed by atoms with van der Waals surface area (Å²) in [5.74, 6) is 5.95. The van der Waals surface area contributed by atoms with Crippen molar-refractivity contribution in [2.24, 2.45) is 0 Å². The van der Waals surface area contributed by atoms with E-state index < -0.39 is 11.7 Å². The van der Waals surface area contributed by atoms with E-state index in [1.165, 1.54) is 11.3 Å². The number of hydrogen-bond acceptors (Lipinski definition) is 4. The number of ether oxygens (including phenoxy) is 1. The zero-order chi connectivity index (χ0) is 14.3. The number of aliphatic hydroxyl groups excluding tert-OH is 1.